The van der Waals surface area contributed by atoms with Crippen LogP contribution in [-0.2, 0) is 4.79 Å². The van der Waals surface area contributed by atoms with Crippen molar-refractivity contribution in [1.82, 2.24) is 5.32 Å². The van der Waals surface area contributed by atoms with Crippen molar-refractivity contribution in [2.75, 3.05) is 0 Å². The Bertz CT molecular complexity index is 432. The fraction of sp³-hybridized carbons (Fsp3) is 0.467. The van der Waals surface area contributed by atoms with Crippen LogP contribution in [0.2, 0.25) is 0 Å². The van der Waals surface area contributed by atoms with Crippen LogP contribution in [-0.4, -0.2) is 11.4 Å². The van der Waals surface area contributed by atoms with E-state index >= 15 is 0 Å². The predicted octanol–water partition coefficient (Wildman–Crippen LogP) is 2.99. The lowest BCUT2D eigenvalue weighted by molar-refractivity contribution is -0.123. The number of nitrogens with one attached hydrogen (secondary N) is 1. The molecule has 1 amide bonds. The summed E-state index contributed by atoms with van der Waals surface area (Å²) in [5.41, 5.74) is 0.472. The van der Waals surface area contributed by atoms with Crippen molar-refractivity contribution in [2.45, 2.75) is 45.1 Å². The Labute approximate surface area is 109 Å². The van der Waals surface area contributed by atoms with Crippen LogP contribution in [0.3, 0.4) is 0 Å². The average Bonchev–Trinajstić information content (AvgIpc) is 2.30. The molecule has 3 nitrogen and oxygen atoms in total. The Morgan fingerprint density at radius 2 is 2.00 bits per heavy atom. The van der Waals surface area contributed by atoms with Gasteiger partial charge in [0.25, 0.3) is 0 Å². The van der Waals surface area contributed by atoms with Crippen molar-refractivity contribution >= 4 is 5.91 Å². The van der Waals surface area contributed by atoms with E-state index in [1.807, 2.05) is 32.0 Å². The first-order valence-corrected chi connectivity index (χ1v) is 6.27. The fourth-order valence-corrected chi connectivity index (χ4v) is 2.02. The molecule has 0 radical (unpaired) electrons. The highest BCUT2D eigenvalue weighted by Crippen LogP contribution is 2.18. The van der Waals surface area contributed by atoms with Crippen LogP contribution in [0.4, 0.5) is 0 Å². The number of nitriles is 1. The summed E-state index contributed by atoms with van der Waals surface area (Å²) >= 11 is 0. The van der Waals surface area contributed by atoms with Gasteiger partial charge in [0.05, 0.1) is 6.07 Å². The Morgan fingerprint density at radius 3 is 2.50 bits per heavy atom. The maximum absolute atomic E-state index is 12.1. The monoisotopic (exact) mass is 244 g/mol. The molecule has 1 unspecified atom stereocenters. The van der Waals surface area contributed by atoms with Crippen LogP contribution in [0.1, 0.15) is 45.1 Å². The summed E-state index contributed by atoms with van der Waals surface area (Å²) in [5.74, 6) is -0.954. The van der Waals surface area contributed by atoms with Gasteiger partial charge >= 0.3 is 0 Å². The van der Waals surface area contributed by atoms with Gasteiger partial charge in [-0.2, -0.15) is 5.26 Å². The van der Waals surface area contributed by atoms with E-state index in [9.17, 15) is 4.79 Å². The first-order chi connectivity index (χ1) is 8.50. The maximum Gasteiger partial charge on any atom is 0.242 e. The smallest absolute Gasteiger partial charge is 0.242 e. The number of hydrogen-bond acceptors (Lipinski definition) is 2. The lowest BCUT2D eigenvalue weighted by atomic mass is 9.95. The number of carbonyl (C=O) groups excluding carboxylic acids is 1. The molecule has 0 fully saturated rings. The van der Waals surface area contributed by atoms with Gasteiger partial charge in [0.2, 0.25) is 5.91 Å². The van der Waals surface area contributed by atoms with Crippen LogP contribution in [0.5, 0.6) is 0 Å². The maximum atomic E-state index is 12.1. The minimum Gasteiger partial charge on any atom is -0.350 e. The highest BCUT2D eigenvalue weighted by atomic mass is 16.2. The first-order valence-electron chi connectivity index (χ1n) is 6.27. The number of nitrogens with zero attached hydrogens (tertiary/aromatic N) is 1. The zero-order chi connectivity index (χ0) is 13.6. The number of benzene rings is 1. The molecule has 0 heterocycles. The fourth-order valence-electron chi connectivity index (χ4n) is 2.02. The molecule has 1 atom stereocenters. The van der Waals surface area contributed by atoms with Gasteiger partial charge in [-0.3, -0.25) is 4.79 Å². The molecule has 0 aliphatic carbocycles. The molecule has 96 valence electrons. The molecule has 0 aliphatic rings. The largest absolute Gasteiger partial charge is 0.350 e. The van der Waals surface area contributed by atoms with E-state index < -0.39 is 5.92 Å². The Morgan fingerprint density at radius 1 is 1.39 bits per heavy atom. The third-order valence-corrected chi connectivity index (χ3v) is 2.86. The first kappa shape index (κ1) is 14.2. The molecule has 1 aromatic carbocycles. The topological polar surface area (TPSA) is 52.9 Å². The van der Waals surface area contributed by atoms with Gasteiger partial charge in [0, 0.05) is 5.54 Å². The van der Waals surface area contributed by atoms with Gasteiger partial charge in [-0.1, -0.05) is 43.7 Å². The van der Waals surface area contributed by atoms with Crippen molar-refractivity contribution in [2.24, 2.45) is 0 Å². The van der Waals surface area contributed by atoms with E-state index in [2.05, 4.69) is 18.3 Å². The van der Waals surface area contributed by atoms with Gasteiger partial charge in [0.15, 0.2) is 0 Å². The van der Waals surface area contributed by atoms with Gasteiger partial charge in [-0.15, -0.1) is 0 Å². The second-order valence-electron chi connectivity index (χ2n) is 5.10. The summed E-state index contributed by atoms with van der Waals surface area (Å²) in [6, 6.07) is 11.2. The van der Waals surface area contributed by atoms with Gasteiger partial charge < -0.3 is 5.32 Å². The molecule has 1 rings (SSSR count). The van der Waals surface area contributed by atoms with Crippen LogP contribution in [0, 0.1) is 11.3 Å². The van der Waals surface area contributed by atoms with E-state index in [0.29, 0.717) is 0 Å². The molecule has 1 aromatic rings. The Balaban J connectivity index is 2.79. The van der Waals surface area contributed by atoms with Crippen LogP contribution < -0.4 is 5.32 Å². The number of amides is 1. The molecular formula is C15H20N2O. The van der Waals surface area contributed by atoms with Crippen molar-refractivity contribution < 1.29 is 4.79 Å². The summed E-state index contributed by atoms with van der Waals surface area (Å²) in [6.45, 7) is 6.04. The Hall–Kier alpha value is -1.82. The molecule has 0 spiro atoms. The minimum atomic E-state index is -0.734. The second kappa shape index (κ2) is 6.20. The predicted molar refractivity (Wildman–Crippen MR) is 71.9 cm³/mol. The zero-order valence-corrected chi connectivity index (χ0v) is 11.2. The summed E-state index contributed by atoms with van der Waals surface area (Å²) in [5, 5.41) is 12.1. The number of hydrogen-bond donors (Lipinski definition) is 1. The summed E-state index contributed by atoms with van der Waals surface area (Å²) in [4.78, 5) is 12.1. The SMILES string of the molecule is CCCC(C)(C)NC(=O)C(C#N)c1ccccc1. The average molecular weight is 244 g/mol. The summed E-state index contributed by atoms with van der Waals surface area (Å²) in [7, 11) is 0. The van der Waals surface area contributed by atoms with Crippen LogP contribution in [0.15, 0.2) is 30.3 Å². The highest BCUT2D eigenvalue weighted by Gasteiger charge is 2.26. The molecule has 0 aromatic heterocycles. The zero-order valence-electron chi connectivity index (χ0n) is 11.2. The Kier molecular flexibility index (Phi) is 4.91. The molecular weight excluding hydrogens is 224 g/mol. The molecule has 18 heavy (non-hydrogen) atoms. The number of carbonyl (C=O) groups is 1. The van der Waals surface area contributed by atoms with E-state index in [1.165, 1.54) is 0 Å². The molecule has 0 saturated carbocycles. The van der Waals surface area contributed by atoms with Crippen LogP contribution >= 0.6 is 0 Å². The van der Waals surface area contributed by atoms with Gasteiger partial charge in [0.1, 0.15) is 5.92 Å². The summed E-state index contributed by atoms with van der Waals surface area (Å²) < 4.78 is 0. The van der Waals surface area contributed by atoms with E-state index in [1.54, 1.807) is 12.1 Å². The van der Waals surface area contributed by atoms with Crippen molar-refractivity contribution in [1.29, 1.82) is 5.26 Å². The summed E-state index contributed by atoms with van der Waals surface area (Å²) in [6.07, 6.45) is 1.89. The molecule has 0 bridgehead atoms. The van der Waals surface area contributed by atoms with E-state index in [-0.39, 0.29) is 11.4 Å². The van der Waals surface area contributed by atoms with Gasteiger partial charge in [-0.25, -0.2) is 0 Å². The molecule has 0 saturated heterocycles. The standard InChI is InChI=1S/C15H20N2O/c1-4-10-15(2,3)17-14(18)13(11-16)12-8-6-5-7-9-12/h5-9,13H,4,10H2,1-3H3,(H,17,18). The normalized spacial score (nSPS) is 12.6. The van der Waals surface area contributed by atoms with Crippen molar-refractivity contribution in [3.05, 3.63) is 35.9 Å². The van der Waals surface area contributed by atoms with Gasteiger partial charge in [-0.05, 0) is 25.8 Å². The molecule has 0 aliphatic heterocycles. The van der Waals surface area contributed by atoms with E-state index in [0.717, 1.165) is 18.4 Å². The quantitative estimate of drug-likeness (QED) is 0.865. The molecule has 3 heteroatoms. The van der Waals surface area contributed by atoms with E-state index in [4.69, 9.17) is 5.26 Å². The lowest BCUT2D eigenvalue weighted by Gasteiger charge is -2.27. The lowest BCUT2D eigenvalue weighted by Crippen LogP contribution is -2.45. The number of rotatable bonds is 5. The molecule has 1 N–H and O–H groups in total. The van der Waals surface area contributed by atoms with Crippen molar-refractivity contribution in [3.8, 4) is 6.07 Å². The van der Waals surface area contributed by atoms with Crippen LogP contribution in [0.25, 0.3) is 0 Å². The third kappa shape index (κ3) is 3.89. The second-order valence-corrected chi connectivity index (χ2v) is 5.10. The highest BCUT2D eigenvalue weighted by molar-refractivity contribution is 5.86. The minimum absolute atomic E-state index is 0.220. The van der Waals surface area contributed by atoms with Crippen molar-refractivity contribution in [3.63, 3.8) is 0 Å². The third-order valence-electron chi connectivity index (χ3n) is 2.86.